The second-order valence-electron chi connectivity index (χ2n) is 6.24. The molecule has 0 spiro atoms. The van der Waals surface area contributed by atoms with Gasteiger partial charge in [-0.3, -0.25) is 0 Å². The molecule has 0 fully saturated rings. The van der Waals surface area contributed by atoms with Gasteiger partial charge in [-0.25, -0.2) is 0 Å². The highest BCUT2D eigenvalue weighted by Gasteiger charge is 2.37. The van der Waals surface area contributed by atoms with E-state index in [4.69, 9.17) is 5.73 Å². The maximum atomic E-state index is 6.09. The van der Waals surface area contributed by atoms with E-state index in [1.807, 2.05) is 0 Å². The van der Waals surface area contributed by atoms with Gasteiger partial charge in [0.2, 0.25) is 0 Å². The predicted octanol–water partition coefficient (Wildman–Crippen LogP) is 3.42. The maximum Gasteiger partial charge on any atom is 0.00795 e. The summed E-state index contributed by atoms with van der Waals surface area (Å²) >= 11 is 0. The summed E-state index contributed by atoms with van der Waals surface area (Å²) in [6.45, 7) is 9.27. The van der Waals surface area contributed by atoms with E-state index >= 15 is 0 Å². The Bertz CT molecular complexity index is 331. The third kappa shape index (κ3) is 1.78. The summed E-state index contributed by atoms with van der Waals surface area (Å²) in [6, 6.07) is 0.380. The van der Waals surface area contributed by atoms with Crippen LogP contribution in [0.2, 0.25) is 0 Å². The number of hydrogen-bond donors (Lipinski definition) is 1. The van der Waals surface area contributed by atoms with Crippen molar-refractivity contribution < 1.29 is 0 Å². The molecular formula is C14H23N. The minimum absolute atomic E-state index is 0.225. The van der Waals surface area contributed by atoms with Crippen LogP contribution in [0.3, 0.4) is 0 Å². The van der Waals surface area contributed by atoms with Crippen LogP contribution in [0.5, 0.6) is 0 Å². The Morgan fingerprint density at radius 3 is 2.20 bits per heavy atom. The summed E-state index contributed by atoms with van der Waals surface area (Å²) in [5.74, 6) is 0. The summed E-state index contributed by atoms with van der Waals surface area (Å²) in [5.41, 5.74) is 9.83. The fourth-order valence-corrected chi connectivity index (χ4v) is 2.95. The molecule has 2 rings (SSSR count). The lowest BCUT2D eigenvalue weighted by Crippen LogP contribution is -2.35. The molecule has 84 valence electrons. The van der Waals surface area contributed by atoms with Gasteiger partial charge in [0.05, 0.1) is 0 Å². The van der Waals surface area contributed by atoms with Gasteiger partial charge < -0.3 is 5.73 Å². The molecule has 0 saturated heterocycles. The normalized spacial score (nSPS) is 32.7. The quantitative estimate of drug-likeness (QED) is 0.602. The molecule has 0 bridgehead atoms. The van der Waals surface area contributed by atoms with Gasteiger partial charge in [0, 0.05) is 16.9 Å². The van der Waals surface area contributed by atoms with Gasteiger partial charge in [-0.2, -0.15) is 0 Å². The molecule has 1 heteroatoms. The highest BCUT2D eigenvalue weighted by atomic mass is 14.6. The Morgan fingerprint density at radius 2 is 1.60 bits per heavy atom. The van der Waals surface area contributed by atoms with Gasteiger partial charge in [-0.1, -0.05) is 51.0 Å². The van der Waals surface area contributed by atoms with Crippen molar-refractivity contribution in [2.24, 2.45) is 16.6 Å². The van der Waals surface area contributed by atoms with E-state index in [1.54, 1.807) is 11.1 Å². The first-order valence-corrected chi connectivity index (χ1v) is 6.02. The van der Waals surface area contributed by atoms with Gasteiger partial charge in [-0.05, 0) is 19.3 Å². The lowest BCUT2D eigenvalue weighted by molar-refractivity contribution is 0.393. The van der Waals surface area contributed by atoms with Crippen LogP contribution >= 0.6 is 0 Å². The summed E-state index contributed by atoms with van der Waals surface area (Å²) < 4.78 is 0. The van der Waals surface area contributed by atoms with Crippen LogP contribution in [-0.2, 0) is 0 Å². The van der Waals surface area contributed by atoms with Crippen LogP contribution in [0.1, 0.15) is 47.0 Å². The minimum Gasteiger partial charge on any atom is -0.327 e. The zero-order valence-electron chi connectivity index (χ0n) is 10.4. The van der Waals surface area contributed by atoms with Gasteiger partial charge >= 0.3 is 0 Å². The van der Waals surface area contributed by atoms with E-state index in [2.05, 4.69) is 39.8 Å². The van der Waals surface area contributed by atoms with E-state index in [0.717, 1.165) is 12.8 Å². The second-order valence-corrected chi connectivity index (χ2v) is 6.24. The second kappa shape index (κ2) is 3.21. The smallest absolute Gasteiger partial charge is 0.00795 e. The van der Waals surface area contributed by atoms with Crippen molar-refractivity contribution in [3.05, 3.63) is 23.3 Å². The molecule has 1 nitrogen and oxygen atoms in total. The Balaban J connectivity index is 2.46. The van der Waals surface area contributed by atoms with Crippen LogP contribution in [0.15, 0.2) is 23.3 Å². The zero-order valence-corrected chi connectivity index (χ0v) is 10.4. The fraction of sp³-hybridized carbons (Fsp3) is 0.714. The summed E-state index contributed by atoms with van der Waals surface area (Å²) in [7, 11) is 0. The third-order valence-corrected chi connectivity index (χ3v) is 4.07. The molecule has 0 aromatic heterocycles. The van der Waals surface area contributed by atoms with E-state index in [1.165, 1.54) is 6.42 Å². The molecule has 0 amide bonds. The Labute approximate surface area is 93.4 Å². The molecule has 0 aromatic carbocycles. The highest BCUT2D eigenvalue weighted by molar-refractivity contribution is 5.39. The summed E-state index contributed by atoms with van der Waals surface area (Å²) in [4.78, 5) is 0. The summed E-state index contributed by atoms with van der Waals surface area (Å²) in [6.07, 6.45) is 8.19. The van der Waals surface area contributed by atoms with Gasteiger partial charge in [0.25, 0.3) is 0 Å². The Hall–Kier alpha value is -0.560. The van der Waals surface area contributed by atoms with E-state index in [0.29, 0.717) is 6.04 Å². The lowest BCUT2D eigenvalue weighted by atomic mass is 9.63. The van der Waals surface area contributed by atoms with Crippen molar-refractivity contribution in [3.63, 3.8) is 0 Å². The molecule has 0 saturated carbocycles. The van der Waals surface area contributed by atoms with Gasteiger partial charge in [0.1, 0.15) is 0 Å². The van der Waals surface area contributed by atoms with Gasteiger partial charge in [0.15, 0.2) is 0 Å². The highest BCUT2D eigenvalue weighted by Crippen LogP contribution is 2.49. The Kier molecular flexibility index (Phi) is 2.34. The SMILES string of the molecule is CC1(C)C=CC(C)(C)C2=C1CCC(N)C2. The lowest BCUT2D eigenvalue weighted by Gasteiger charge is -2.43. The molecule has 1 atom stereocenters. The molecule has 0 radical (unpaired) electrons. The molecular weight excluding hydrogens is 182 g/mol. The van der Waals surface area contributed by atoms with E-state index in [9.17, 15) is 0 Å². The number of hydrogen-bond acceptors (Lipinski definition) is 1. The largest absolute Gasteiger partial charge is 0.327 e. The van der Waals surface area contributed by atoms with Crippen LogP contribution < -0.4 is 5.73 Å². The Morgan fingerprint density at radius 1 is 1.07 bits per heavy atom. The number of allylic oxidation sites excluding steroid dienone is 3. The summed E-state index contributed by atoms with van der Waals surface area (Å²) in [5, 5.41) is 0. The fourth-order valence-electron chi connectivity index (χ4n) is 2.95. The van der Waals surface area contributed by atoms with Crippen molar-refractivity contribution in [2.75, 3.05) is 0 Å². The first-order chi connectivity index (χ1) is 6.83. The molecule has 15 heavy (non-hydrogen) atoms. The molecule has 2 aliphatic rings. The molecule has 0 aliphatic heterocycles. The monoisotopic (exact) mass is 205 g/mol. The predicted molar refractivity (Wildman–Crippen MR) is 65.6 cm³/mol. The minimum atomic E-state index is 0.225. The van der Waals surface area contributed by atoms with E-state index < -0.39 is 0 Å². The maximum absolute atomic E-state index is 6.09. The first kappa shape index (κ1) is 10.9. The third-order valence-electron chi connectivity index (χ3n) is 4.07. The molecule has 0 aromatic rings. The van der Waals surface area contributed by atoms with Crippen LogP contribution in [0.4, 0.5) is 0 Å². The topological polar surface area (TPSA) is 26.0 Å². The number of nitrogens with two attached hydrogens (primary N) is 1. The van der Waals surface area contributed by atoms with Crippen LogP contribution in [-0.4, -0.2) is 6.04 Å². The van der Waals surface area contributed by atoms with Crippen molar-refractivity contribution in [2.45, 2.75) is 53.0 Å². The van der Waals surface area contributed by atoms with Crippen molar-refractivity contribution in [1.29, 1.82) is 0 Å². The first-order valence-electron chi connectivity index (χ1n) is 6.02. The van der Waals surface area contributed by atoms with Gasteiger partial charge in [-0.15, -0.1) is 0 Å². The number of rotatable bonds is 0. The average Bonchev–Trinajstić information content (AvgIpc) is 2.13. The molecule has 2 N–H and O–H groups in total. The van der Waals surface area contributed by atoms with E-state index in [-0.39, 0.29) is 10.8 Å². The molecule has 0 heterocycles. The van der Waals surface area contributed by atoms with Crippen molar-refractivity contribution in [3.8, 4) is 0 Å². The average molecular weight is 205 g/mol. The van der Waals surface area contributed by atoms with Crippen molar-refractivity contribution in [1.82, 2.24) is 0 Å². The zero-order chi connectivity index (χ0) is 11.3. The van der Waals surface area contributed by atoms with Crippen molar-refractivity contribution >= 4 is 0 Å². The molecule has 2 aliphatic carbocycles. The van der Waals surface area contributed by atoms with Crippen LogP contribution in [0.25, 0.3) is 0 Å². The van der Waals surface area contributed by atoms with Crippen LogP contribution in [0, 0.1) is 10.8 Å². The molecule has 1 unspecified atom stereocenters. The standard InChI is InChI=1S/C14H23N/c1-13(2)7-8-14(3,4)12-9-10(15)5-6-11(12)13/h7-8,10H,5-6,9,15H2,1-4H3.